The SMILES string of the molecule is CCCCCCCC(=O)N(Cc1cc(C)cc(-c2cccc(C(=N)N)c2)c1)CC1CCNCC1. The summed E-state index contributed by atoms with van der Waals surface area (Å²) < 4.78 is 0. The molecule has 1 heterocycles. The lowest BCUT2D eigenvalue weighted by molar-refractivity contribution is -0.132. The number of hydrogen-bond donors (Lipinski definition) is 3. The molecule has 1 aliphatic heterocycles. The second kappa shape index (κ2) is 13.3. The Balaban J connectivity index is 1.76. The summed E-state index contributed by atoms with van der Waals surface area (Å²) in [6.45, 7) is 7.92. The number of nitrogens with zero attached hydrogens (tertiary/aromatic N) is 1. The fraction of sp³-hybridized carbons (Fsp3) is 0.517. The van der Waals surface area contributed by atoms with Crippen molar-refractivity contribution in [2.45, 2.75) is 71.8 Å². The molecule has 2 aromatic rings. The van der Waals surface area contributed by atoms with Gasteiger partial charge in [0.1, 0.15) is 5.84 Å². The summed E-state index contributed by atoms with van der Waals surface area (Å²) in [6.07, 6.45) is 8.74. The number of piperidine rings is 1. The molecule has 0 spiro atoms. The zero-order valence-electron chi connectivity index (χ0n) is 21.0. The molecule has 0 bridgehead atoms. The minimum absolute atomic E-state index is 0.0763. The Bertz CT molecular complexity index is 949. The molecular formula is C29H42N4O. The number of nitrogens with one attached hydrogen (secondary N) is 2. The largest absolute Gasteiger partial charge is 0.384 e. The van der Waals surface area contributed by atoms with Crippen LogP contribution in [-0.2, 0) is 11.3 Å². The lowest BCUT2D eigenvalue weighted by Gasteiger charge is -2.30. The van der Waals surface area contributed by atoms with Gasteiger partial charge in [0.2, 0.25) is 5.91 Å². The van der Waals surface area contributed by atoms with Crippen molar-refractivity contribution in [3.05, 3.63) is 59.2 Å². The topological polar surface area (TPSA) is 82.2 Å². The van der Waals surface area contributed by atoms with Crippen molar-refractivity contribution in [1.82, 2.24) is 10.2 Å². The highest BCUT2D eigenvalue weighted by Crippen LogP contribution is 2.25. The van der Waals surface area contributed by atoms with Crippen LogP contribution in [0, 0.1) is 18.3 Å². The number of amides is 1. The van der Waals surface area contributed by atoms with Crippen LogP contribution in [-0.4, -0.2) is 36.3 Å². The number of hydrogen-bond acceptors (Lipinski definition) is 3. The molecule has 0 atom stereocenters. The van der Waals surface area contributed by atoms with Gasteiger partial charge in [-0.1, -0.05) is 68.5 Å². The van der Waals surface area contributed by atoms with Crippen LogP contribution in [0.5, 0.6) is 0 Å². The standard InChI is InChI=1S/C29H42N4O/c1-3-4-5-6-7-11-28(34)33(20-23-12-14-32-15-13-23)21-24-16-22(2)17-27(18-24)25-9-8-10-26(19-25)29(30)31/h8-10,16-19,23,32H,3-7,11-15,20-21H2,1-2H3,(H3,30,31). The molecule has 0 aromatic heterocycles. The smallest absolute Gasteiger partial charge is 0.222 e. The van der Waals surface area contributed by atoms with Crippen LogP contribution < -0.4 is 11.1 Å². The number of unbranched alkanes of at least 4 members (excludes halogenated alkanes) is 4. The molecule has 2 aromatic carbocycles. The van der Waals surface area contributed by atoms with Crippen molar-refractivity contribution in [3.63, 3.8) is 0 Å². The van der Waals surface area contributed by atoms with E-state index in [-0.39, 0.29) is 11.7 Å². The molecule has 0 radical (unpaired) electrons. The third-order valence-corrected chi connectivity index (χ3v) is 6.80. The zero-order chi connectivity index (χ0) is 24.3. The number of carbonyl (C=O) groups excluding carboxylic acids is 1. The van der Waals surface area contributed by atoms with Gasteiger partial charge >= 0.3 is 0 Å². The fourth-order valence-corrected chi connectivity index (χ4v) is 4.88. The first-order valence-corrected chi connectivity index (χ1v) is 13.0. The quantitative estimate of drug-likeness (QED) is 0.217. The average Bonchev–Trinajstić information content (AvgIpc) is 2.84. The first kappa shape index (κ1) is 26.0. The lowest BCUT2D eigenvalue weighted by Crippen LogP contribution is -2.39. The highest BCUT2D eigenvalue weighted by Gasteiger charge is 2.21. The van der Waals surface area contributed by atoms with Gasteiger partial charge in [-0.05, 0) is 74.0 Å². The molecule has 5 nitrogen and oxygen atoms in total. The summed E-state index contributed by atoms with van der Waals surface area (Å²) in [4.78, 5) is 15.4. The molecule has 34 heavy (non-hydrogen) atoms. The van der Waals surface area contributed by atoms with E-state index in [2.05, 4.69) is 48.3 Å². The van der Waals surface area contributed by atoms with E-state index in [4.69, 9.17) is 11.1 Å². The number of amidine groups is 1. The van der Waals surface area contributed by atoms with E-state index < -0.39 is 0 Å². The number of nitrogens with two attached hydrogens (primary N) is 1. The van der Waals surface area contributed by atoms with Gasteiger partial charge in [0.05, 0.1) is 0 Å². The second-order valence-electron chi connectivity index (χ2n) is 9.83. The Kier molecular flexibility index (Phi) is 10.1. The first-order valence-electron chi connectivity index (χ1n) is 13.0. The van der Waals surface area contributed by atoms with Gasteiger partial charge < -0.3 is 16.0 Å². The van der Waals surface area contributed by atoms with Crippen molar-refractivity contribution < 1.29 is 4.79 Å². The zero-order valence-corrected chi connectivity index (χ0v) is 21.0. The summed E-state index contributed by atoms with van der Waals surface area (Å²) in [6, 6.07) is 14.4. The average molecular weight is 463 g/mol. The summed E-state index contributed by atoms with van der Waals surface area (Å²) in [5.41, 5.74) is 10.9. The molecule has 4 N–H and O–H groups in total. The minimum Gasteiger partial charge on any atom is -0.384 e. The number of carbonyl (C=O) groups is 1. The third-order valence-electron chi connectivity index (χ3n) is 6.80. The summed E-state index contributed by atoms with van der Waals surface area (Å²) in [5, 5.41) is 11.2. The summed E-state index contributed by atoms with van der Waals surface area (Å²) in [7, 11) is 0. The molecule has 1 aliphatic rings. The predicted octanol–water partition coefficient (Wildman–Crippen LogP) is 5.63. The van der Waals surface area contributed by atoms with Gasteiger partial charge in [-0.25, -0.2) is 0 Å². The highest BCUT2D eigenvalue weighted by atomic mass is 16.2. The van der Waals surface area contributed by atoms with Crippen molar-refractivity contribution in [2.24, 2.45) is 11.7 Å². The molecule has 1 saturated heterocycles. The van der Waals surface area contributed by atoms with Gasteiger partial charge in [-0.2, -0.15) is 0 Å². The van der Waals surface area contributed by atoms with Crippen LogP contribution in [0.4, 0.5) is 0 Å². The predicted molar refractivity (Wildman–Crippen MR) is 142 cm³/mol. The van der Waals surface area contributed by atoms with E-state index >= 15 is 0 Å². The summed E-state index contributed by atoms with van der Waals surface area (Å²) in [5.74, 6) is 0.936. The third kappa shape index (κ3) is 7.98. The molecule has 0 unspecified atom stereocenters. The Labute approximate surface area is 205 Å². The molecule has 184 valence electrons. The fourth-order valence-electron chi connectivity index (χ4n) is 4.88. The van der Waals surface area contributed by atoms with Crippen LogP contribution in [0.1, 0.15) is 75.0 Å². The van der Waals surface area contributed by atoms with E-state index in [0.29, 0.717) is 18.9 Å². The normalized spacial score (nSPS) is 14.2. The van der Waals surface area contributed by atoms with Gasteiger partial charge in [-0.15, -0.1) is 0 Å². The minimum atomic E-state index is 0.0763. The van der Waals surface area contributed by atoms with Crippen molar-refractivity contribution >= 4 is 11.7 Å². The number of nitrogen functional groups attached to an aromatic ring is 1. The van der Waals surface area contributed by atoms with Gasteiger partial charge in [0, 0.05) is 25.1 Å². The van der Waals surface area contributed by atoms with Gasteiger partial charge in [-0.3, -0.25) is 10.2 Å². The molecular weight excluding hydrogens is 420 g/mol. The number of benzene rings is 2. The first-order chi connectivity index (χ1) is 16.5. The Morgan fingerprint density at radius 3 is 2.56 bits per heavy atom. The lowest BCUT2D eigenvalue weighted by atomic mass is 9.96. The van der Waals surface area contributed by atoms with E-state index in [9.17, 15) is 4.79 Å². The molecule has 3 rings (SSSR count). The molecule has 0 aliphatic carbocycles. The molecule has 0 saturated carbocycles. The van der Waals surface area contributed by atoms with Crippen LogP contribution in [0.2, 0.25) is 0 Å². The molecule has 1 fully saturated rings. The van der Waals surface area contributed by atoms with E-state index in [1.807, 2.05) is 18.2 Å². The van der Waals surface area contributed by atoms with Gasteiger partial charge in [0.25, 0.3) is 0 Å². The Hall–Kier alpha value is -2.66. The van der Waals surface area contributed by atoms with Crippen molar-refractivity contribution in [3.8, 4) is 11.1 Å². The number of aryl methyl sites for hydroxylation is 1. The number of rotatable bonds is 12. The van der Waals surface area contributed by atoms with Crippen LogP contribution in [0.15, 0.2) is 42.5 Å². The second-order valence-corrected chi connectivity index (χ2v) is 9.83. The van der Waals surface area contributed by atoms with Crippen molar-refractivity contribution in [1.29, 1.82) is 5.41 Å². The maximum absolute atomic E-state index is 13.3. The Morgan fingerprint density at radius 1 is 1.06 bits per heavy atom. The molecule has 1 amide bonds. The monoisotopic (exact) mass is 462 g/mol. The summed E-state index contributed by atoms with van der Waals surface area (Å²) >= 11 is 0. The molecule has 5 heteroatoms. The van der Waals surface area contributed by atoms with Crippen LogP contribution in [0.25, 0.3) is 11.1 Å². The maximum atomic E-state index is 13.3. The maximum Gasteiger partial charge on any atom is 0.222 e. The van der Waals surface area contributed by atoms with E-state index in [1.54, 1.807) is 0 Å². The van der Waals surface area contributed by atoms with Crippen LogP contribution >= 0.6 is 0 Å². The van der Waals surface area contributed by atoms with E-state index in [0.717, 1.165) is 67.6 Å². The Morgan fingerprint density at radius 2 is 1.82 bits per heavy atom. The van der Waals surface area contributed by atoms with E-state index in [1.165, 1.54) is 24.8 Å². The highest BCUT2D eigenvalue weighted by molar-refractivity contribution is 5.96. The van der Waals surface area contributed by atoms with Crippen LogP contribution in [0.3, 0.4) is 0 Å². The van der Waals surface area contributed by atoms with Crippen molar-refractivity contribution in [2.75, 3.05) is 19.6 Å². The van der Waals surface area contributed by atoms with Gasteiger partial charge in [0.15, 0.2) is 0 Å².